The van der Waals surface area contributed by atoms with Crippen LogP contribution in [-0.4, -0.2) is 33.4 Å². The van der Waals surface area contributed by atoms with Gasteiger partial charge in [0, 0.05) is 12.5 Å². The van der Waals surface area contributed by atoms with Crippen molar-refractivity contribution in [2.24, 2.45) is 5.92 Å². The highest BCUT2D eigenvalue weighted by Crippen LogP contribution is 2.41. The monoisotopic (exact) mass is 279 g/mol. The van der Waals surface area contributed by atoms with Crippen molar-refractivity contribution < 1.29 is 9.90 Å². The van der Waals surface area contributed by atoms with Gasteiger partial charge < -0.3 is 10.4 Å². The van der Waals surface area contributed by atoms with Crippen molar-refractivity contribution in [1.82, 2.24) is 15.1 Å². The number of nitrogens with one attached hydrogen (secondary N) is 1. The summed E-state index contributed by atoms with van der Waals surface area (Å²) in [5, 5.41) is 16.5. The molecule has 20 heavy (non-hydrogen) atoms. The van der Waals surface area contributed by atoms with Crippen LogP contribution in [0.1, 0.15) is 62.0 Å². The number of amides is 1. The van der Waals surface area contributed by atoms with Crippen LogP contribution >= 0.6 is 0 Å². The molecule has 2 rings (SSSR count). The molecule has 0 aliphatic heterocycles. The second kappa shape index (κ2) is 6.39. The van der Waals surface area contributed by atoms with Crippen molar-refractivity contribution in [2.75, 3.05) is 6.61 Å². The molecular weight excluding hydrogens is 254 g/mol. The van der Waals surface area contributed by atoms with Crippen molar-refractivity contribution in [3.8, 4) is 0 Å². The van der Waals surface area contributed by atoms with E-state index in [-0.39, 0.29) is 18.6 Å². The first-order chi connectivity index (χ1) is 9.56. The van der Waals surface area contributed by atoms with Crippen LogP contribution in [0.2, 0.25) is 0 Å². The Balaban J connectivity index is 2.18. The third kappa shape index (κ3) is 3.39. The molecule has 0 aromatic carbocycles. The van der Waals surface area contributed by atoms with Gasteiger partial charge in [0.15, 0.2) is 0 Å². The van der Waals surface area contributed by atoms with E-state index in [2.05, 4.69) is 24.3 Å². The molecule has 0 radical (unpaired) electrons. The van der Waals surface area contributed by atoms with E-state index < -0.39 is 0 Å². The number of hydrogen-bond donors (Lipinski definition) is 2. The van der Waals surface area contributed by atoms with Gasteiger partial charge >= 0.3 is 0 Å². The maximum absolute atomic E-state index is 12.3. The fourth-order valence-corrected chi connectivity index (χ4v) is 2.39. The average molecular weight is 279 g/mol. The summed E-state index contributed by atoms with van der Waals surface area (Å²) in [5.74, 6) is 0.873. The lowest BCUT2D eigenvalue weighted by molar-refractivity contribution is 0.0913. The molecule has 5 heteroatoms. The highest BCUT2D eigenvalue weighted by atomic mass is 16.3. The van der Waals surface area contributed by atoms with Crippen molar-refractivity contribution in [1.29, 1.82) is 0 Å². The molecular formula is C15H25N3O2. The van der Waals surface area contributed by atoms with Crippen LogP contribution in [-0.2, 0) is 6.54 Å². The molecule has 1 aliphatic carbocycles. The van der Waals surface area contributed by atoms with Crippen LogP contribution in [0, 0.1) is 5.92 Å². The topological polar surface area (TPSA) is 67.2 Å². The maximum Gasteiger partial charge on any atom is 0.255 e. The van der Waals surface area contributed by atoms with Crippen molar-refractivity contribution in [2.45, 2.75) is 58.5 Å². The Labute approximate surface area is 120 Å². The molecule has 112 valence electrons. The number of hydrogen-bond acceptors (Lipinski definition) is 3. The van der Waals surface area contributed by atoms with Gasteiger partial charge in [0.05, 0.1) is 30.1 Å². The minimum Gasteiger partial charge on any atom is -0.394 e. The van der Waals surface area contributed by atoms with E-state index in [9.17, 15) is 9.90 Å². The van der Waals surface area contributed by atoms with Crippen molar-refractivity contribution in [3.63, 3.8) is 0 Å². The average Bonchev–Trinajstić information content (AvgIpc) is 3.16. The zero-order valence-corrected chi connectivity index (χ0v) is 12.6. The summed E-state index contributed by atoms with van der Waals surface area (Å²) >= 11 is 0. The second-order valence-electron chi connectivity index (χ2n) is 6.05. The summed E-state index contributed by atoms with van der Waals surface area (Å²) in [6.07, 6.45) is 4.68. The van der Waals surface area contributed by atoms with Gasteiger partial charge in [0.2, 0.25) is 0 Å². The molecule has 2 N–H and O–H groups in total. The number of rotatable bonds is 7. The van der Waals surface area contributed by atoms with Crippen LogP contribution in [0.25, 0.3) is 0 Å². The third-order valence-electron chi connectivity index (χ3n) is 3.68. The molecule has 1 unspecified atom stereocenters. The quantitative estimate of drug-likeness (QED) is 0.801. The zero-order valence-electron chi connectivity index (χ0n) is 12.6. The highest BCUT2D eigenvalue weighted by molar-refractivity contribution is 5.95. The molecule has 1 aliphatic rings. The molecule has 1 aromatic rings. The van der Waals surface area contributed by atoms with E-state index in [4.69, 9.17) is 0 Å². The Morgan fingerprint density at radius 2 is 2.25 bits per heavy atom. The fourth-order valence-electron chi connectivity index (χ4n) is 2.39. The smallest absolute Gasteiger partial charge is 0.255 e. The molecule has 1 heterocycles. The first-order valence-corrected chi connectivity index (χ1v) is 7.54. The minimum atomic E-state index is -0.178. The highest BCUT2D eigenvalue weighted by Gasteiger charge is 2.32. The number of carbonyl (C=O) groups excluding carboxylic acids is 1. The Hall–Kier alpha value is -1.36. The van der Waals surface area contributed by atoms with Gasteiger partial charge in [-0.25, -0.2) is 0 Å². The molecule has 1 amide bonds. The molecule has 0 saturated heterocycles. The Morgan fingerprint density at radius 1 is 1.55 bits per heavy atom. The van der Waals surface area contributed by atoms with E-state index in [0.717, 1.165) is 31.5 Å². The number of nitrogens with zero attached hydrogens (tertiary/aromatic N) is 2. The Bertz CT molecular complexity index is 460. The van der Waals surface area contributed by atoms with Crippen LogP contribution in [0.3, 0.4) is 0 Å². The maximum atomic E-state index is 12.3. The number of aliphatic hydroxyl groups is 1. The number of carbonyl (C=O) groups is 1. The zero-order chi connectivity index (χ0) is 14.7. The minimum absolute atomic E-state index is 0.0267. The normalized spacial score (nSPS) is 16.4. The number of aromatic nitrogens is 2. The lowest BCUT2D eigenvalue weighted by Crippen LogP contribution is -2.37. The summed E-state index contributed by atoms with van der Waals surface area (Å²) in [4.78, 5) is 12.3. The van der Waals surface area contributed by atoms with Crippen molar-refractivity contribution in [3.05, 3.63) is 17.5 Å². The van der Waals surface area contributed by atoms with Gasteiger partial charge in [0.25, 0.3) is 5.91 Å². The van der Waals surface area contributed by atoms with Gasteiger partial charge in [-0.15, -0.1) is 0 Å². The lowest BCUT2D eigenvalue weighted by Gasteiger charge is -2.15. The summed E-state index contributed by atoms with van der Waals surface area (Å²) in [6, 6.07) is -0.178. The number of aliphatic hydroxyl groups excluding tert-OH is 1. The predicted molar refractivity (Wildman–Crippen MR) is 77.7 cm³/mol. The van der Waals surface area contributed by atoms with E-state index >= 15 is 0 Å². The van der Waals surface area contributed by atoms with Gasteiger partial charge in [-0.05, 0) is 25.2 Å². The van der Waals surface area contributed by atoms with E-state index in [1.807, 2.05) is 11.6 Å². The molecule has 1 fully saturated rings. The molecule has 5 nitrogen and oxygen atoms in total. The molecule has 1 saturated carbocycles. The Kier molecular flexibility index (Phi) is 4.81. The molecule has 0 bridgehead atoms. The van der Waals surface area contributed by atoms with Gasteiger partial charge in [-0.2, -0.15) is 5.10 Å². The summed E-state index contributed by atoms with van der Waals surface area (Å²) < 4.78 is 1.98. The fraction of sp³-hybridized carbons (Fsp3) is 0.733. The lowest BCUT2D eigenvalue weighted by atomic mass is 10.1. The molecule has 1 aromatic heterocycles. The Morgan fingerprint density at radius 3 is 2.75 bits per heavy atom. The molecule has 0 spiro atoms. The van der Waals surface area contributed by atoms with E-state index in [1.165, 1.54) is 0 Å². The van der Waals surface area contributed by atoms with Gasteiger partial charge in [-0.3, -0.25) is 9.48 Å². The summed E-state index contributed by atoms with van der Waals surface area (Å²) in [6.45, 7) is 7.07. The first-order valence-electron chi connectivity index (χ1n) is 7.54. The SMILES string of the molecule is CCC(CO)NC(=O)c1cnn(CC(C)C)c1C1CC1. The summed E-state index contributed by atoms with van der Waals surface area (Å²) in [7, 11) is 0. The predicted octanol–water partition coefficient (Wildman–Crippen LogP) is 1.92. The first kappa shape index (κ1) is 15.0. The molecule has 1 atom stereocenters. The standard InChI is InChI=1S/C15H25N3O2/c1-4-12(9-19)17-15(20)13-7-16-18(8-10(2)3)14(13)11-5-6-11/h7,10-12,19H,4-6,8-9H2,1-3H3,(H,17,20). The van der Waals surface area contributed by atoms with Gasteiger partial charge in [-0.1, -0.05) is 20.8 Å². The van der Waals surface area contributed by atoms with Crippen LogP contribution in [0.15, 0.2) is 6.20 Å². The van der Waals surface area contributed by atoms with Crippen LogP contribution < -0.4 is 5.32 Å². The second-order valence-corrected chi connectivity index (χ2v) is 6.05. The largest absolute Gasteiger partial charge is 0.394 e. The van der Waals surface area contributed by atoms with Gasteiger partial charge in [0.1, 0.15) is 0 Å². The summed E-state index contributed by atoms with van der Waals surface area (Å²) in [5.41, 5.74) is 1.75. The third-order valence-corrected chi connectivity index (χ3v) is 3.68. The van der Waals surface area contributed by atoms with Crippen LogP contribution in [0.4, 0.5) is 0 Å². The van der Waals surface area contributed by atoms with E-state index in [0.29, 0.717) is 17.4 Å². The van der Waals surface area contributed by atoms with Crippen LogP contribution in [0.5, 0.6) is 0 Å². The van der Waals surface area contributed by atoms with E-state index in [1.54, 1.807) is 6.20 Å². The van der Waals surface area contributed by atoms with Crippen molar-refractivity contribution >= 4 is 5.91 Å².